The number of terminal acetylenes is 1. The van der Waals surface area contributed by atoms with Gasteiger partial charge in [0.05, 0.1) is 0 Å². The Morgan fingerprint density at radius 3 is 1.50 bits per heavy atom. The lowest BCUT2D eigenvalue weighted by Crippen LogP contribution is -2.23. The molecule has 0 aliphatic rings. The van der Waals surface area contributed by atoms with E-state index in [0.717, 1.165) is 6.29 Å². The van der Waals surface area contributed by atoms with E-state index in [4.69, 9.17) is 11.5 Å². The molecule has 1 atom stereocenters. The Labute approximate surface area is 87.7 Å². The molecule has 0 heterocycles. The average Bonchev–Trinajstić information content (AvgIpc) is 2.01. The van der Waals surface area contributed by atoms with Gasteiger partial charge in [-0.25, -0.2) is 0 Å². The summed E-state index contributed by atoms with van der Waals surface area (Å²) >= 11 is 0. The van der Waals surface area contributed by atoms with Crippen LogP contribution in [0.1, 0.15) is 41.5 Å². The van der Waals surface area contributed by atoms with Gasteiger partial charge >= 0.3 is 0 Å². The van der Waals surface area contributed by atoms with Crippen molar-refractivity contribution in [3.63, 3.8) is 0 Å². The fourth-order valence-electron chi connectivity index (χ4n) is 0.250. The van der Waals surface area contributed by atoms with E-state index in [1.54, 1.807) is 0 Å². The van der Waals surface area contributed by atoms with Crippen molar-refractivity contribution in [2.45, 2.75) is 47.6 Å². The van der Waals surface area contributed by atoms with Gasteiger partial charge in [-0.1, -0.05) is 47.5 Å². The fraction of sp³-hybridized carbons (Fsp3) is 0.750. The second-order valence-electron chi connectivity index (χ2n) is 5.42. The van der Waals surface area contributed by atoms with Crippen LogP contribution < -0.4 is 0 Å². The van der Waals surface area contributed by atoms with Crippen LogP contribution >= 0.6 is 0 Å². The summed E-state index contributed by atoms with van der Waals surface area (Å²) in [6.07, 6.45) is 5.27. The highest BCUT2D eigenvalue weighted by Gasteiger charge is 2.18. The number of aliphatic hydroxyl groups excluding tert-OH is 1. The van der Waals surface area contributed by atoms with Gasteiger partial charge in [0.15, 0.2) is 0 Å². The summed E-state index contributed by atoms with van der Waals surface area (Å²) in [6, 6.07) is 0. The molecule has 0 aliphatic carbocycles. The molecular weight excluding hydrogens is 176 g/mol. The Balaban J connectivity index is 0. The predicted molar refractivity (Wildman–Crippen MR) is 59.8 cm³/mol. The van der Waals surface area contributed by atoms with Gasteiger partial charge < -0.3 is 9.90 Å². The van der Waals surface area contributed by atoms with Crippen LogP contribution in [0, 0.1) is 23.2 Å². The van der Waals surface area contributed by atoms with Crippen LogP contribution in [0.2, 0.25) is 0 Å². The van der Waals surface area contributed by atoms with E-state index >= 15 is 0 Å². The predicted octanol–water partition coefficient (Wildman–Crippen LogP) is 2.26. The van der Waals surface area contributed by atoms with Gasteiger partial charge in [0.2, 0.25) is 0 Å². The zero-order valence-corrected chi connectivity index (χ0v) is 10.1. The molecule has 0 bridgehead atoms. The molecule has 0 saturated heterocycles. The summed E-state index contributed by atoms with van der Waals surface area (Å²) < 4.78 is 0. The second kappa shape index (κ2) is 5.82. The topological polar surface area (TPSA) is 37.3 Å². The van der Waals surface area contributed by atoms with E-state index in [1.807, 2.05) is 41.5 Å². The van der Waals surface area contributed by atoms with E-state index in [-0.39, 0.29) is 10.8 Å². The molecule has 0 aromatic rings. The van der Waals surface area contributed by atoms with E-state index in [0.29, 0.717) is 0 Å². The molecule has 0 aliphatic heterocycles. The van der Waals surface area contributed by atoms with E-state index in [9.17, 15) is 4.79 Å². The monoisotopic (exact) mass is 198 g/mol. The highest BCUT2D eigenvalue weighted by Crippen LogP contribution is 2.17. The molecule has 14 heavy (non-hydrogen) atoms. The zero-order chi connectivity index (χ0) is 12.0. The Morgan fingerprint density at radius 1 is 1.21 bits per heavy atom. The van der Waals surface area contributed by atoms with Gasteiger partial charge in [-0.05, 0) is 5.41 Å². The largest absolute Gasteiger partial charge is 0.380 e. The third-order valence-electron chi connectivity index (χ3n) is 1.33. The number of aldehydes is 1. The summed E-state index contributed by atoms with van der Waals surface area (Å²) in [5.74, 6) is 2.26. The third kappa shape index (κ3) is 11.2. The molecule has 0 aromatic heterocycles. The summed E-state index contributed by atoms with van der Waals surface area (Å²) in [6.45, 7) is 11.3. The Kier molecular flexibility index (Phi) is 6.51. The normalized spacial score (nSPS) is 13.3. The van der Waals surface area contributed by atoms with Gasteiger partial charge in [-0.15, -0.1) is 6.42 Å². The van der Waals surface area contributed by atoms with Gasteiger partial charge in [0, 0.05) is 5.41 Å². The Morgan fingerprint density at radius 2 is 1.50 bits per heavy atom. The van der Waals surface area contributed by atoms with Gasteiger partial charge in [0.25, 0.3) is 0 Å². The molecule has 1 unspecified atom stereocenters. The molecule has 0 spiro atoms. The first kappa shape index (κ1) is 15.7. The maximum absolute atomic E-state index is 9.83. The molecule has 0 rings (SSSR count). The van der Waals surface area contributed by atoms with E-state index < -0.39 is 6.10 Å². The van der Waals surface area contributed by atoms with Crippen LogP contribution in [-0.4, -0.2) is 17.5 Å². The van der Waals surface area contributed by atoms with Crippen molar-refractivity contribution in [2.75, 3.05) is 0 Å². The summed E-state index contributed by atoms with van der Waals surface area (Å²) in [7, 11) is 0. The third-order valence-corrected chi connectivity index (χ3v) is 1.33. The number of hydrogen-bond acceptors (Lipinski definition) is 2. The number of aliphatic hydroxyl groups is 1. The van der Waals surface area contributed by atoms with Crippen LogP contribution in [0.5, 0.6) is 0 Å². The molecule has 2 heteroatoms. The van der Waals surface area contributed by atoms with Gasteiger partial charge in [-0.2, -0.15) is 0 Å². The van der Waals surface area contributed by atoms with Gasteiger partial charge in [0.1, 0.15) is 12.4 Å². The molecular formula is C12H22O2. The van der Waals surface area contributed by atoms with Crippen molar-refractivity contribution in [1.82, 2.24) is 0 Å². The van der Waals surface area contributed by atoms with Crippen molar-refractivity contribution < 1.29 is 9.90 Å². The zero-order valence-electron chi connectivity index (χ0n) is 10.1. The summed E-state index contributed by atoms with van der Waals surface area (Å²) in [5, 5.41) is 8.96. The standard InChI is InChI=1S/C7H12O.C5H10O/c1-5-6(8)7(2,3)4;1-5(2,3)4-6/h1,6,8H,2-4H3;4H,1-3H3. The molecule has 0 aromatic carbocycles. The first-order valence-corrected chi connectivity index (χ1v) is 4.65. The molecule has 0 amide bonds. The molecule has 0 fully saturated rings. The van der Waals surface area contributed by atoms with E-state index in [2.05, 4.69) is 5.92 Å². The fourth-order valence-corrected chi connectivity index (χ4v) is 0.250. The highest BCUT2D eigenvalue weighted by molar-refractivity contribution is 5.56. The molecule has 82 valence electrons. The Hall–Kier alpha value is -0.810. The number of carbonyl (C=O) groups is 1. The van der Waals surface area contributed by atoms with Crippen LogP contribution in [0.15, 0.2) is 0 Å². The van der Waals surface area contributed by atoms with Crippen molar-refractivity contribution in [2.24, 2.45) is 10.8 Å². The van der Waals surface area contributed by atoms with Crippen molar-refractivity contribution >= 4 is 6.29 Å². The minimum absolute atomic E-state index is 0.139. The van der Waals surface area contributed by atoms with E-state index in [1.165, 1.54) is 0 Å². The maximum atomic E-state index is 9.83. The van der Waals surface area contributed by atoms with Crippen LogP contribution in [0.4, 0.5) is 0 Å². The lowest BCUT2D eigenvalue weighted by molar-refractivity contribution is -0.113. The molecule has 0 saturated carbocycles. The highest BCUT2D eigenvalue weighted by atomic mass is 16.3. The Bertz CT molecular complexity index is 198. The SMILES string of the molecule is C#CC(O)C(C)(C)C.CC(C)(C)C=O. The summed E-state index contributed by atoms with van der Waals surface area (Å²) in [5.41, 5.74) is -0.311. The minimum Gasteiger partial charge on any atom is -0.380 e. The van der Waals surface area contributed by atoms with Crippen LogP contribution in [0.3, 0.4) is 0 Å². The first-order valence-electron chi connectivity index (χ1n) is 4.65. The quantitative estimate of drug-likeness (QED) is 0.479. The second-order valence-corrected chi connectivity index (χ2v) is 5.42. The lowest BCUT2D eigenvalue weighted by atomic mass is 9.90. The molecule has 1 N–H and O–H groups in total. The maximum Gasteiger partial charge on any atom is 0.125 e. The van der Waals surface area contributed by atoms with Gasteiger partial charge in [-0.3, -0.25) is 0 Å². The molecule has 2 nitrogen and oxygen atoms in total. The van der Waals surface area contributed by atoms with Crippen LogP contribution in [0.25, 0.3) is 0 Å². The summed E-state index contributed by atoms with van der Waals surface area (Å²) in [4.78, 5) is 9.83. The number of carbonyl (C=O) groups excluding carboxylic acids is 1. The average molecular weight is 198 g/mol. The number of hydrogen-bond donors (Lipinski definition) is 1. The van der Waals surface area contributed by atoms with Crippen molar-refractivity contribution in [3.8, 4) is 12.3 Å². The van der Waals surface area contributed by atoms with Crippen LogP contribution in [-0.2, 0) is 4.79 Å². The molecule has 0 radical (unpaired) electrons. The van der Waals surface area contributed by atoms with Crippen molar-refractivity contribution in [3.05, 3.63) is 0 Å². The number of rotatable bonds is 0. The lowest BCUT2D eigenvalue weighted by Gasteiger charge is -2.20. The minimum atomic E-state index is -0.623. The smallest absolute Gasteiger partial charge is 0.125 e. The van der Waals surface area contributed by atoms with Crippen molar-refractivity contribution in [1.29, 1.82) is 0 Å². The first-order chi connectivity index (χ1) is 6.04.